The molecule has 8 nitrogen and oxygen atoms in total. The highest BCUT2D eigenvalue weighted by Gasteiger charge is 2.27. The number of aromatic nitrogens is 2. The van der Waals surface area contributed by atoms with Gasteiger partial charge in [-0.2, -0.15) is 0 Å². The molecule has 2 aromatic carbocycles. The van der Waals surface area contributed by atoms with Crippen molar-refractivity contribution in [2.45, 2.75) is 6.92 Å². The van der Waals surface area contributed by atoms with E-state index in [1.165, 1.54) is 7.11 Å². The second-order valence-corrected chi connectivity index (χ2v) is 6.94. The summed E-state index contributed by atoms with van der Waals surface area (Å²) in [4.78, 5) is 27.2. The number of para-hydroxylation sites is 1. The molecule has 2 heterocycles. The lowest BCUT2D eigenvalue weighted by Crippen LogP contribution is -2.11. The Morgan fingerprint density at radius 1 is 1.16 bits per heavy atom. The third-order valence-electron chi connectivity index (χ3n) is 5.13. The summed E-state index contributed by atoms with van der Waals surface area (Å²) in [6.07, 6.45) is 0. The van der Waals surface area contributed by atoms with Crippen LogP contribution in [0.3, 0.4) is 0 Å². The van der Waals surface area contributed by atoms with Gasteiger partial charge in [-0.1, -0.05) is 18.2 Å². The summed E-state index contributed by atoms with van der Waals surface area (Å²) in [5.74, 6) is -0.815. The molecule has 4 aromatic rings. The molecule has 0 saturated heterocycles. The number of aliphatic carboxylic acids is 1. The Labute approximate surface area is 177 Å². The molecule has 0 atom stereocenters. The fourth-order valence-corrected chi connectivity index (χ4v) is 3.83. The van der Waals surface area contributed by atoms with Crippen LogP contribution in [0.5, 0.6) is 11.5 Å². The number of nitrogens with zero attached hydrogens (tertiary/aromatic N) is 1. The number of aromatic amines is 1. The van der Waals surface area contributed by atoms with E-state index in [4.69, 9.17) is 19.3 Å². The highest BCUT2D eigenvalue weighted by Crippen LogP contribution is 2.42. The second kappa shape index (κ2) is 8.06. The van der Waals surface area contributed by atoms with Gasteiger partial charge >= 0.3 is 11.9 Å². The molecule has 2 aromatic heterocycles. The minimum absolute atomic E-state index is 0.222. The highest BCUT2D eigenvalue weighted by molar-refractivity contribution is 6.16. The quantitative estimate of drug-likeness (QED) is 0.437. The smallest absolute Gasteiger partial charge is 0.355 e. The molecule has 0 amide bonds. The maximum atomic E-state index is 12.8. The number of ether oxygens (including phenoxy) is 3. The average Bonchev–Trinajstić information content (AvgIpc) is 3.29. The van der Waals surface area contributed by atoms with Crippen molar-refractivity contribution in [2.24, 2.45) is 7.05 Å². The fraction of sp³-hybridized carbons (Fsp3) is 0.217. The zero-order valence-electron chi connectivity index (χ0n) is 17.4. The van der Waals surface area contributed by atoms with Crippen molar-refractivity contribution < 1.29 is 28.9 Å². The lowest BCUT2D eigenvalue weighted by molar-refractivity contribution is -0.139. The van der Waals surface area contributed by atoms with Gasteiger partial charge in [-0.25, -0.2) is 9.59 Å². The first-order chi connectivity index (χ1) is 15.0. The summed E-state index contributed by atoms with van der Waals surface area (Å²) in [6.45, 7) is 1.43. The fourth-order valence-electron chi connectivity index (χ4n) is 3.83. The number of aryl methyl sites for hydroxylation is 1. The van der Waals surface area contributed by atoms with Gasteiger partial charge in [0, 0.05) is 29.6 Å². The third-order valence-corrected chi connectivity index (χ3v) is 5.13. The van der Waals surface area contributed by atoms with Crippen molar-refractivity contribution in [2.75, 3.05) is 20.3 Å². The zero-order valence-corrected chi connectivity index (χ0v) is 17.4. The molecule has 0 aliphatic rings. The van der Waals surface area contributed by atoms with Crippen molar-refractivity contribution in [1.29, 1.82) is 0 Å². The van der Waals surface area contributed by atoms with Crippen LogP contribution in [0.15, 0.2) is 42.5 Å². The van der Waals surface area contributed by atoms with Gasteiger partial charge in [-0.3, -0.25) is 0 Å². The van der Waals surface area contributed by atoms with Crippen molar-refractivity contribution in [3.8, 4) is 22.6 Å². The lowest BCUT2D eigenvalue weighted by atomic mass is 10.0. The number of carbonyl (C=O) groups is 2. The number of hydrogen-bond donors (Lipinski definition) is 2. The van der Waals surface area contributed by atoms with E-state index >= 15 is 0 Å². The van der Waals surface area contributed by atoms with Gasteiger partial charge in [0.1, 0.15) is 17.2 Å². The van der Waals surface area contributed by atoms with Crippen LogP contribution < -0.4 is 9.47 Å². The predicted octanol–water partition coefficient (Wildman–Crippen LogP) is 3.98. The first kappa shape index (κ1) is 20.3. The van der Waals surface area contributed by atoms with Crippen molar-refractivity contribution in [3.63, 3.8) is 0 Å². The van der Waals surface area contributed by atoms with E-state index in [2.05, 4.69) is 4.98 Å². The van der Waals surface area contributed by atoms with Crippen LogP contribution in [0.25, 0.3) is 33.1 Å². The van der Waals surface area contributed by atoms with Crippen molar-refractivity contribution in [1.82, 2.24) is 9.55 Å². The number of methoxy groups -OCH3 is 1. The van der Waals surface area contributed by atoms with Crippen LogP contribution in [0.1, 0.15) is 17.4 Å². The van der Waals surface area contributed by atoms with Gasteiger partial charge < -0.3 is 28.9 Å². The van der Waals surface area contributed by atoms with Crippen LogP contribution >= 0.6 is 0 Å². The molecule has 4 rings (SSSR count). The summed E-state index contributed by atoms with van der Waals surface area (Å²) >= 11 is 0. The number of H-pyrrole nitrogens is 1. The SMILES string of the molecule is CCOC(=O)c1[nH]c2c3ccccc3n(C)c2c1-c1ccc(OC)cc1OCC(=O)O. The van der Waals surface area contributed by atoms with E-state index in [0.717, 1.165) is 21.9 Å². The second-order valence-electron chi connectivity index (χ2n) is 6.94. The van der Waals surface area contributed by atoms with Crippen molar-refractivity contribution >= 4 is 33.9 Å². The Morgan fingerprint density at radius 2 is 1.94 bits per heavy atom. The number of fused-ring (bicyclic) bond motifs is 3. The van der Waals surface area contributed by atoms with E-state index in [0.29, 0.717) is 22.6 Å². The van der Waals surface area contributed by atoms with Crippen LogP contribution in [0.4, 0.5) is 0 Å². The normalized spacial score (nSPS) is 11.1. The molecular formula is C23H22N2O6. The largest absolute Gasteiger partial charge is 0.497 e. The molecule has 0 aliphatic heterocycles. The van der Waals surface area contributed by atoms with Gasteiger partial charge in [-0.15, -0.1) is 0 Å². The van der Waals surface area contributed by atoms with Crippen LogP contribution in [-0.2, 0) is 16.6 Å². The molecule has 0 spiro atoms. The first-order valence-corrected chi connectivity index (χ1v) is 9.75. The molecule has 0 radical (unpaired) electrons. The minimum Gasteiger partial charge on any atom is -0.497 e. The number of esters is 1. The van der Waals surface area contributed by atoms with Gasteiger partial charge in [0.05, 0.1) is 30.3 Å². The van der Waals surface area contributed by atoms with Gasteiger partial charge in [0.15, 0.2) is 6.61 Å². The van der Waals surface area contributed by atoms with Gasteiger partial charge in [0.2, 0.25) is 0 Å². The predicted molar refractivity (Wildman–Crippen MR) is 116 cm³/mol. The number of benzene rings is 2. The average molecular weight is 422 g/mol. The summed E-state index contributed by atoms with van der Waals surface area (Å²) < 4.78 is 18.1. The van der Waals surface area contributed by atoms with E-state index < -0.39 is 18.5 Å². The van der Waals surface area contributed by atoms with E-state index in [-0.39, 0.29) is 12.3 Å². The molecule has 8 heteroatoms. The number of carboxylic acids is 1. The Balaban J connectivity index is 2.05. The Hall–Kier alpha value is -3.94. The summed E-state index contributed by atoms with van der Waals surface area (Å²) in [5, 5.41) is 10.1. The number of hydrogen-bond acceptors (Lipinski definition) is 5. The van der Waals surface area contributed by atoms with Crippen LogP contribution in [0, 0.1) is 0 Å². The monoisotopic (exact) mass is 422 g/mol. The maximum absolute atomic E-state index is 12.8. The van der Waals surface area contributed by atoms with E-state index in [1.807, 2.05) is 35.9 Å². The topological polar surface area (TPSA) is 103 Å². The minimum atomic E-state index is -1.11. The first-order valence-electron chi connectivity index (χ1n) is 9.75. The molecule has 0 saturated carbocycles. The third kappa shape index (κ3) is 3.46. The molecule has 160 valence electrons. The van der Waals surface area contributed by atoms with Crippen molar-refractivity contribution in [3.05, 3.63) is 48.2 Å². The number of rotatable bonds is 7. The number of carboxylic acid groups (broad SMARTS) is 1. The van der Waals surface area contributed by atoms with Crippen LogP contribution in [-0.4, -0.2) is 46.9 Å². The molecule has 0 bridgehead atoms. The molecular weight excluding hydrogens is 400 g/mol. The molecule has 0 unspecified atom stereocenters. The van der Waals surface area contributed by atoms with E-state index in [1.54, 1.807) is 25.1 Å². The number of carbonyl (C=O) groups excluding carboxylic acids is 1. The Kier molecular flexibility index (Phi) is 5.29. The molecule has 31 heavy (non-hydrogen) atoms. The van der Waals surface area contributed by atoms with Crippen LogP contribution in [0.2, 0.25) is 0 Å². The summed E-state index contributed by atoms with van der Waals surface area (Å²) in [5.41, 5.74) is 3.98. The molecule has 0 fully saturated rings. The van der Waals surface area contributed by atoms with E-state index in [9.17, 15) is 9.59 Å². The van der Waals surface area contributed by atoms with Gasteiger partial charge in [-0.05, 0) is 25.1 Å². The zero-order chi connectivity index (χ0) is 22.1. The Bertz CT molecular complexity index is 1300. The van der Waals surface area contributed by atoms with Gasteiger partial charge in [0.25, 0.3) is 0 Å². The maximum Gasteiger partial charge on any atom is 0.355 e. The standard InChI is InChI=1S/C23H22N2O6/c1-4-30-23(28)21-19(15-10-9-13(29-3)11-17(15)31-12-18(26)27)22-20(24-21)14-7-5-6-8-16(14)25(22)2/h5-11,24H,4,12H2,1-3H3,(H,26,27). The Morgan fingerprint density at radius 3 is 2.65 bits per heavy atom. The summed E-state index contributed by atoms with van der Waals surface area (Å²) in [7, 11) is 3.43. The molecule has 0 aliphatic carbocycles. The highest BCUT2D eigenvalue weighted by atomic mass is 16.5. The summed E-state index contributed by atoms with van der Waals surface area (Å²) in [6, 6.07) is 12.9. The lowest BCUT2D eigenvalue weighted by Gasteiger charge is -2.13. The number of nitrogens with one attached hydrogen (secondary N) is 1. The molecule has 2 N–H and O–H groups in total.